The zero-order chi connectivity index (χ0) is 15.9. The van der Waals surface area contributed by atoms with E-state index >= 15 is 0 Å². The Kier molecular flexibility index (Phi) is 3.13. The number of nitrogens with two attached hydrogens (primary N) is 2. The Morgan fingerprint density at radius 1 is 1.18 bits per heavy atom. The average Bonchev–Trinajstić information content (AvgIpc) is 2.94. The lowest BCUT2D eigenvalue weighted by molar-refractivity contribution is -0.122. The first-order chi connectivity index (χ1) is 10.4. The van der Waals surface area contributed by atoms with Crippen molar-refractivity contribution in [3.8, 4) is 11.1 Å². The third-order valence-electron chi connectivity index (χ3n) is 4.08. The van der Waals surface area contributed by atoms with E-state index in [1.807, 2.05) is 56.4 Å². The summed E-state index contributed by atoms with van der Waals surface area (Å²) in [6, 6.07) is 11.6. The van der Waals surface area contributed by atoms with E-state index in [2.05, 4.69) is 9.97 Å². The molecule has 3 aromatic rings. The molecule has 22 heavy (non-hydrogen) atoms. The molecule has 2 heterocycles. The molecule has 0 saturated carbocycles. The quantitative estimate of drug-likeness (QED) is 0.692. The third-order valence-corrected chi connectivity index (χ3v) is 4.08. The van der Waals surface area contributed by atoms with Gasteiger partial charge in [0, 0.05) is 11.6 Å². The number of rotatable bonds is 3. The van der Waals surface area contributed by atoms with Crippen LogP contribution in [0.25, 0.3) is 22.2 Å². The van der Waals surface area contributed by atoms with E-state index in [-0.39, 0.29) is 5.91 Å². The minimum Gasteiger partial charge on any atom is -0.384 e. The summed E-state index contributed by atoms with van der Waals surface area (Å²) in [6.07, 6.45) is 1.84. The van der Waals surface area contributed by atoms with Gasteiger partial charge in [-0.1, -0.05) is 24.3 Å². The molecule has 0 saturated heterocycles. The number of nitrogen functional groups attached to an aromatic ring is 1. The highest BCUT2D eigenvalue weighted by molar-refractivity contribution is 5.94. The lowest BCUT2D eigenvalue weighted by Crippen LogP contribution is -2.35. The van der Waals surface area contributed by atoms with Gasteiger partial charge in [0.05, 0.1) is 5.41 Å². The summed E-state index contributed by atoms with van der Waals surface area (Å²) in [4.78, 5) is 18.9. The van der Waals surface area contributed by atoms with Crippen molar-refractivity contribution in [2.75, 3.05) is 5.73 Å². The minimum atomic E-state index is -0.695. The molecule has 2 aromatic heterocycles. The summed E-state index contributed by atoms with van der Waals surface area (Å²) in [6.45, 7) is 3.64. The number of carbonyl (C=O) groups excluding carboxylic acids is 1. The van der Waals surface area contributed by atoms with E-state index in [9.17, 15) is 4.79 Å². The van der Waals surface area contributed by atoms with Crippen molar-refractivity contribution < 1.29 is 4.79 Å². The normalized spacial score (nSPS) is 11.7. The predicted octanol–water partition coefficient (Wildman–Crippen LogP) is 2.58. The molecule has 0 aliphatic heterocycles. The highest BCUT2D eigenvalue weighted by atomic mass is 16.1. The summed E-state index contributed by atoms with van der Waals surface area (Å²) in [7, 11) is 0. The van der Waals surface area contributed by atoms with Crippen LogP contribution in [0.3, 0.4) is 0 Å². The molecule has 0 radical (unpaired) electrons. The first-order valence-electron chi connectivity index (χ1n) is 7.04. The Morgan fingerprint density at radius 2 is 1.86 bits per heavy atom. The number of carbonyl (C=O) groups is 1. The predicted molar refractivity (Wildman–Crippen MR) is 88.2 cm³/mol. The van der Waals surface area contributed by atoms with Crippen LogP contribution in [0.2, 0.25) is 0 Å². The van der Waals surface area contributed by atoms with Gasteiger partial charge in [-0.25, -0.2) is 4.98 Å². The molecule has 3 rings (SSSR count). The Balaban J connectivity index is 2.09. The fraction of sp³-hybridized carbons (Fsp3) is 0.176. The van der Waals surface area contributed by atoms with Crippen LogP contribution in [0.15, 0.2) is 42.6 Å². The van der Waals surface area contributed by atoms with Crippen LogP contribution in [-0.2, 0) is 10.2 Å². The molecule has 1 aromatic carbocycles. The first kappa shape index (κ1) is 14.1. The van der Waals surface area contributed by atoms with Crippen LogP contribution in [-0.4, -0.2) is 15.9 Å². The molecule has 5 heteroatoms. The number of amides is 1. The second-order valence-corrected chi connectivity index (χ2v) is 5.90. The van der Waals surface area contributed by atoms with Gasteiger partial charge in [0.25, 0.3) is 0 Å². The first-order valence-corrected chi connectivity index (χ1v) is 7.04. The second-order valence-electron chi connectivity index (χ2n) is 5.90. The topological polar surface area (TPSA) is 97.8 Å². The van der Waals surface area contributed by atoms with Gasteiger partial charge in [-0.05, 0) is 42.7 Å². The zero-order valence-electron chi connectivity index (χ0n) is 12.6. The fourth-order valence-corrected chi connectivity index (χ4v) is 2.51. The molecule has 0 unspecified atom stereocenters. The molecule has 0 bridgehead atoms. The van der Waals surface area contributed by atoms with Crippen LogP contribution in [0, 0.1) is 0 Å². The number of hydrogen-bond donors (Lipinski definition) is 3. The van der Waals surface area contributed by atoms with Gasteiger partial charge < -0.3 is 16.5 Å². The van der Waals surface area contributed by atoms with Crippen molar-refractivity contribution in [3.63, 3.8) is 0 Å². The second kappa shape index (κ2) is 4.87. The van der Waals surface area contributed by atoms with Crippen LogP contribution in [0.1, 0.15) is 19.4 Å². The fourth-order valence-electron chi connectivity index (χ4n) is 2.51. The highest BCUT2D eigenvalue weighted by Gasteiger charge is 2.27. The summed E-state index contributed by atoms with van der Waals surface area (Å²) < 4.78 is 0. The molecule has 0 atom stereocenters. The SMILES string of the molecule is CC(C)(C(N)=O)c1ccc(-c2cc(N)nc3[nH]ccc23)cc1. The maximum Gasteiger partial charge on any atom is 0.227 e. The molecule has 0 aliphatic carbocycles. The van der Waals surface area contributed by atoms with Gasteiger partial charge in [-0.15, -0.1) is 0 Å². The van der Waals surface area contributed by atoms with E-state index < -0.39 is 5.41 Å². The summed E-state index contributed by atoms with van der Waals surface area (Å²) >= 11 is 0. The van der Waals surface area contributed by atoms with Crippen LogP contribution in [0.5, 0.6) is 0 Å². The Bertz CT molecular complexity index is 847. The molecule has 1 amide bonds. The molecule has 0 fully saturated rings. The number of aromatic nitrogens is 2. The van der Waals surface area contributed by atoms with Gasteiger partial charge >= 0.3 is 0 Å². The lowest BCUT2D eigenvalue weighted by atomic mass is 9.83. The molecular weight excluding hydrogens is 276 g/mol. The van der Waals surface area contributed by atoms with Crippen molar-refractivity contribution in [1.29, 1.82) is 0 Å². The minimum absolute atomic E-state index is 0.346. The van der Waals surface area contributed by atoms with Crippen molar-refractivity contribution in [2.24, 2.45) is 5.73 Å². The van der Waals surface area contributed by atoms with Gasteiger partial charge in [0.1, 0.15) is 11.5 Å². The van der Waals surface area contributed by atoms with Crippen molar-refractivity contribution >= 4 is 22.8 Å². The highest BCUT2D eigenvalue weighted by Crippen LogP contribution is 2.31. The number of hydrogen-bond acceptors (Lipinski definition) is 3. The summed E-state index contributed by atoms with van der Waals surface area (Å²) in [5.41, 5.74) is 14.3. The molecule has 112 valence electrons. The number of pyridine rings is 1. The number of aromatic amines is 1. The van der Waals surface area contributed by atoms with E-state index in [4.69, 9.17) is 11.5 Å². The number of fused-ring (bicyclic) bond motifs is 1. The largest absolute Gasteiger partial charge is 0.384 e. The van der Waals surface area contributed by atoms with E-state index in [1.54, 1.807) is 0 Å². The van der Waals surface area contributed by atoms with Crippen molar-refractivity contribution in [2.45, 2.75) is 19.3 Å². The van der Waals surface area contributed by atoms with E-state index in [0.29, 0.717) is 5.82 Å². The Labute approximate surface area is 128 Å². The summed E-state index contributed by atoms with van der Waals surface area (Å²) in [5, 5.41) is 1.01. The smallest absolute Gasteiger partial charge is 0.227 e. The maximum atomic E-state index is 11.6. The molecule has 5 nitrogen and oxygen atoms in total. The molecule has 0 aliphatic rings. The van der Waals surface area contributed by atoms with Crippen molar-refractivity contribution in [1.82, 2.24) is 9.97 Å². The summed E-state index contributed by atoms with van der Waals surface area (Å²) in [5.74, 6) is 0.118. The van der Waals surface area contributed by atoms with Gasteiger partial charge in [-0.2, -0.15) is 0 Å². The number of anilines is 1. The Morgan fingerprint density at radius 3 is 2.50 bits per heavy atom. The average molecular weight is 294 g/mol. The van der Waals surface area contributed by atoms with Gasteiger partial charge in [0.2, 0.25) is 5.91 Å². The number of nitrogens with one attached hydrogen (secondary N) is 1. The van der Waals surface area contributed by atoms with E-state index in [1.165, 1.54) is 0 Å². The maximum absolute atomic E-state index is 11.6. The lowest BCUT2D eigenvalue weighted by Gasteiger charge is -2.21. The van der Waals surface area contributed by atoms with Gasteiger partial charge in [-0.3, -0.25) is 4.79 Å². The van der Waals surface area contributed by atoms with Crippen LogP contribution in [0.4, 0.5) is 5.82 Å². The standard InChI is InChI=1S/C17H18N4O/c1-17(2,16(19)22)11-5-3-10(4-6-11)13-9-14(18)21-15-12(13)7-8-20-15/h3-9H,1-2H3,(H2,19,22)(H3,18,20,21). The number of H-pyrrole nitrogens is 1. The number of nitrogens with zero attached hydrogens (tertiary/aromatic N) is 1. The molecular formula is C17H18N4O. The monoisotopic (exact) mass is 294 g/mol. The molecule has 5 N–H and O–H groups in total. The third kappa shape index (κ3) is 2.20. The van der Waals surface area contributed by atoms with Gasteiger partial charge in [0.15, 0.2) is 0 Å². The van der Waals surface area contributed by atoms with E-state index in [0.717, 1.165) is 27.7 Å². The van der Waals surface area contributed by atoms with Crippen LogP contribution < -0.4 is 11.5 Å². The number of primary amides is 1. The zero-order valence-corrected chi connectivity index (χ0v) is 12.6. The Hall–Kier alpha value is -2.82. The number of benzene rings is 1. The molecule has 0 spiro atoms. The van der Waals surface area contributed by atoms with Crippen molar-refractivity contribution in [3.05, 3.63) is 48.2 Å². The van der Waals surface area contributed by atoms with Crippen LogP contribution >= 0.6 is 0 Å².